The monoisotopic (exact) mass is 418 g/mol. The third kappa shape index (κ3) is 2.46. The molecule has 0 radical (unpaired) electrons. The average Bonchev–Trinajstić information content (AvgIpc) is 3.05. The Hall–Kier alpha value is -2.25. The topological polar surface area (TPSA) is 62.5 Å². The quantitative estimate of drug-likeness (QED) is 0.677. The van der Waals surface area contributed by atoms with Crippen molar-refractivity contribution < 1.29 is 13.5 Å². The van der Waals surface area contributed by atoms with E-state index in [0.29, 0.717) is 5.69 Å². The van der Waals surface area contributed by atoms with Gasteiger partial charge in [0, 0.05) is 16.4 Å². The van der Waals surface area contributed by atoms with Crippen molar-refractivity contribution in [1.29, 1.82) is 0 Å². The lowest BCUT2D eigenvalue weighted by atomic mass is 10.1. The Balaban J connectivity index is 1.96. The lowest BCUT2D eigenvalue weighted by Gasteiger charge is -2.37. The van der Waals surface area contributed by atoms with Crippen LogP contribution in [0.2, 0.25) is 0 Å². The number of aromatic hydroxyl groups is 1. The number of phenolic OH excluding ortho intramolecular Hbond substituents is 1. The van der Waals surface area contributed by atoms with Gasteiger partial charge in [-0.3, -0.25) is 4.31 Å². The van der Waals surface area contributed by atoms with Gasteiger partial charge in [0.05, 0.1) is 22.3 Å². The molecule has 1 unspecified atom stereocenters. The minimum atomic E-state index is -3.79. The molecule has 4 rings (SSSR count). The van der Waals surface area contributed by atoms with Gasteiger partial charge in [0.25, 0.3) is 10.0 Å². The number of hydrogen-bond donors (Lipinski definition) is 1. The fourth-order valence-corrected chi connectivity index (χ4v) is 5.21. The molecule has 1 aliphatic heterocycles. The molecular weight excluding hydrogens is 404 g/mol. The molecule has 0 spiro atoms. The van der Waals surface area contributed by atoms with Gasteiger partial charge in [-0.15, -0.1) is 0 Å². The van der Waals surface area contributed by atoms with E-state index in [0.717, 1.165) is 15.9 Å². The second-order valence-corrected chi connectivity index (χ2v) is 8.64. The van der Waals surface area contributed by atoms with Crippen LogP contribution in [0, 0.1) is 0 Å². The van der Waals surface area contributed by atoms with E-state index in [1.54, 1.807) is 0 Å². The molecule has 7 heteroatoms. The first-order chi connectivity index (χ1) is 11.9. The standard InChI is InChI=1S/C18H15BrN2O3S/c1-12-16-3-2-10-20(16)17-9-4-13(19)11-18(17)21(12)25(23,24)15-7-5-14(22)6-8-15/h2-12,22H,1H3. The minimum Gasteiger partial charge on any atom is -0.508 e. The summed E-state index contributed by atoms with van der Waals surface area (Å²) >= 11 is 3.44. The van der Waals surface area contributed by atoms with Gasteiger partial charge in [0.15, 0.2) is 0 Å². The van der Waals surface area contributed by atoms with Crippen LogP contribution in [0.4, 0.5) is 5.69 Å². The van der Waals surface area contributed by atoms with E-state index in [4.69, 9.17) is 0 Å². The summed E-state index contributed by atoms with van der Waals surface area (Å²) in [6, 6.07) is 14.7. The highest BCUT2D eigenvalue weighted by Crippen LogP contribution is 2.43. The van der Waals surface area contributed by atoms with Crippen molar-refractivity contribution in [2.75, 3.05) is 4.31 Å². The van der Waals surface area contributed by atoms with E-state index < -0.39 is 10.0 Å². The van der Waals surface area contributed by atoms with Gasteiger partial charge < -0.3 is 9.67 Å². The third-order valence-electron chi connectivity index (χ3n) is 4.39. The van der Waals surface area contributed by atoms with Gasteiger partial charge in [0.2, 0.25) is 0 Å². The Kier molecular flexibility index (Phi) is 3.66. The molecule has 0 saturated carbocycles. The molecule has 1 N–H and O–H groups in total. The number of halogens is 1. The van der Waals surface area contributed by atoms with E-state index >= 15 is 0 Å². The number of fused-ring (bicyclic) bond motifs is 3. The van der Waals surface area contributed by atoms with Gasteiger partial charge in [-0.1, -0.05) is 15.9 Å². The molecule has 1 atom stereocenters. The first-order valence-corrected chi connectivity index (χ1v) is 9.93. The smallest absolute Gasteiger partial charge is 0.264 e. The van der Waals surface area contributed by atoms with Crippen LogP contribution < -0.4 is 4.31 Å². The molecule has 1 aromatic heterocycles. The van der Waals surface area contributed by atoms with Crippen LogP contribution in [-0.2, 0) is 10.0 Å². The van der Waals surface area contributed by atoms with Gasteiger partial charge in [-0.05, 0) is 61.5 Å². The van der Waals surface area contributed by atoms with Crippen molar-refractivity contribution in [2.45, 2.75) is 17.9 Å². The van der Waals surface area contributed by atoms with Crippen molar-refractivity contribution in [2.24, 2.45) is 0 Å². The number of hydrogen-bond acceptors (Lipinski definition) is 3. The van der Waals surface area contributed by atoms with Gasteiger partial charge in [-0.25, -0.2) is 8.42 Å². The molecule has 3 aromatic rings. The van der Waals surface area contributed by atoms with Gasteiger partial charge in [0.1, 0.15) is 5.75 Å². The summed E-state index contributed by atoms with van der Waals surface area (Å²) in [6.45, 7) is 1.87. The first-order valence-electron chi connectivity index (χ1n) is 7.70. The number of aromatic nitrogens is 1. The molecule has 0 fully saturated rings. The second kappa shape index (κ2) is 5.64. The molecule has 5 nitrogen and oxygen atoms in total. The minimum absolute atomic E-state index is 0.0302. The number of nitrogens with zero attached hydrogens (tertiary/aromatic N) is 2. The van der Waals surface area contributed by atoms with Crippen LogP contribution in [0.3, 0.4) is 0 Å². The van der Waals surface area contributed by atoms with E-state index in [2.05, 4.69) is 15.9 Å². The van der Waals surface area contributed by atoms with E-state index in [9.17, 15) is 13.5 Å². The van der Waals surface area contributed by atoms with E-state index in [1.807, 2.05) is 48.0 Å². The van der Waals surface area contributed by atoms with Crippen molar-refractivity contribution in [1.82, 2.24) is 4.57 Å². The van der Waals surface area contributed by atoms with Crippen molar-refractivity contribution in [3.05, 3.63) is 71.0 Å². The highest BCUT2D eigenvalue weighted by atomic mass is 79.9. The highest BCUT2D eigenvalue weighted by Gasteiger charge is 2.36. The third-order valence-corrected chi connectivity index (χ3v) is 6.78. The Labute approximate surface area is 154 Å². The number of sulfonamides is 1. The Morgan fingerprint density at radius 2 is 1.76 bits per heavy atom. The zero-order valence-corrected chi connectivity index (χ0v) is 15.7. The van der Waals surface area contributed by atoms with Crippen LogP contribution in [-0.4, -0.2) is 18.1 Å². The van der Waals surface area contributed by atoms with Crippen LogP contribution in [0.15, 0.2) is 70.2 Å². The Morgan fingerprint density at radius 3 is 2.48 bits per heavy atom. The summed E-state index contributed by atoms with van der Waals surface area (Å²) in [5, 5.41) is 9.46. The lowest BCUT2D eigenvalue weighted by molar-refractivity contribution is 0.474. The predicted molar refractivity (Wildman–Crippen MR) is 99.7 cm³/mol. The maximum atomic E-state index is 13.3. The number of phenols is 1. The fraction of sp³-hybridized carbons (Fsp3) is 0.111. The fourth-order valence-electron chi connectivity index (χ4n) is 3.23. The number of benzene rings is 2. The van der Waals surface area contributed by atoms with Crippen molar-refractivity contribution in [3.8, 4) is 11.4 Å². The van der Waals surface area contributed by atoms with Gasteiger partial charge in [-0.2, -0.15) is 0 Å². The van der Waals surface area contributed by atoms with Crippen molar-refractivity contribution >= 4 is 31.6 Å². The average molecular weight is 419 g/mol. The Bertz CT molecular complexity index is 1060. The molecule has 2 aromatic carbocycles. The lowest BCUT2D eigenvalue weighted by Crippen LogP contribution is -2.38. The number of anilines is 1. The summed E-state index contributed by atoms with van der Waals surface area (Å²) in [5.41, 5.74) is 2.32. The SMILES string of the molecule is CC1c2cccn2-c2ccc(Br)cc2N1S(=O)(=O)c1ccc(O)cc1. The second-order valence-electron chi connectivity index (χ2n) is 5.91. The summed E-state index contributed by atoms with van der Waals surface area (Å²) in [5.74, 6) is 0.0302. The molecule has 0 aliphatic carbocycles. The summed E-state index contributed by atoms with van der Waals surface area (Å²) in [7, 11) is -3.79. The molecule has 1 aliphatic rings. The van der Waals surface area contributed by atoms with Crippen LogP contribution in [0.1, 0.15) is 18.7 Å². The largest absolute Gasteiger partial charge is 0.508 e. The maximum absolute atomic E-state index is 13.3. The predicted octanol–water partition coefficient (Wildman–Crippen LogP) is 4.22. The zero-order chi connectivity index (χ0) is 17.8. The number of rotatable bonds is 2. The van der Waals surface area contributed by atoms with E-state index in [1.165, 1.54) is 28.6 Å². The van der Waals surface area contributed by atoms with Crippen LogP contribution >= 0.6 is 15.9 Å². The molecule has 0 bridgehead atoms. The summed E-state index contributed by atoms with van der Waals surface area (Å²) in [4.78, 5) is 0.142. The molecule has 128 valence electrons. The van der Waals surface area contributed by atoms with Gasteiger partial charge >= 0.3 is 0 Å². The van der Waals surface area contributed by atoms with Crippen molar-refractivity contribution in [3.63, 3.8) is 0 Å². The molecule has 2 heterocycles. The Morgan fingerprint density at radius 1 is 1.04 bits per heavy atom. The van der Waals surface area contributed by atoms with E-state index in [-0.39, 0.29) is 16.7 Å². The molecule has 0 saturated heterocycles. The normalized spacial score (nSPS) is 16.4. The van der Waals surface area contributed by atoms with Crippen LogP contribution in [0.25, 0.3) is 5.69 Å². The molecule has 25 heavy (non-hydrogen) atoms. The molecule has 0 amide bonds. The summed E-state index contributed by atoms with van der Waals surface area (Å²) < 4.78 is 30.9. The zero-order valence-electron chi connectivity index (χ0n) is 13.3. The highest BCUT2D eigenvalue weighted by molar-refractivity contribution is 9.10. The molecular formula is C18H15BrN2O3S. The first kappa shape index (κ1) is 16.2. The van der Waals surface area contributed by atoms with Crippen LogP contribution in [0.5, 0.6) is 5.75 Å². The maximum Gasteiger partial charge on any atom is 0.264 e. The summed E-state index contributed by atoms with van der Waals surface area (Å²) in [6.07, 6.45) is 1.93.